The van der Waals surface area contributed by atoms with Gasteiger partial charge >= 0.3 is 0 Å². The first kappa shape index (κ1) is 20.6. The third-order valence-electron chi connectivity index (χ3n) is 4.91. The van der Waals surface area contributed by atoms with Crippen molar-refractivity contribution in [3.63, 3.8) is 0 Å². The maximum absolute atomic E-state index is 14.0. The van der Waals surface area contributed by atoms with Gasteiger partial charge in [-0.1, -0.05) is 26.0 Å². The minimum atomic E-state index is -0.439. The van der Waals surface area contributed by atoms with Gasteiger partial charge in [-0.15, -0.1) is 0 Å². The summed E-state index contributed by atoms with van der Waals surface area (Å²) in [6.07, 6.45) is 0.583. The van der Waals surface area contributed by atoms with E-state index >= 15 is 0 Å². The number of amides is 1. The number of carbonyl (C=O) groups excluding carboxylic acids is 1. The Morgan fingerprint density at radius 3 is 2.64 bits per heavy atom. The quantitative estimate of drug-likeness (QED) is 0.687. The van der Waals surface area contributed by atoms with Gasteiger partial charge in [-0.05, 0) is 48.2 Å². The molecule has 3 rings (SSSR count). The van der Waals surface area contributed by atoms with Crippen LogP contribution in [0.1, 0.15) is 42.6 Å². The molecule has 0 N–H and O–H groups in total. The van der Waals surface area contributed by atoms with Crippen molar-refractivity contribution in [3.8, 4) is 5.75 Å². The molecule has 1 fully saturated rings. The zero-order chi connectivity index (χ0) is 20.1. The van der Waals surface area contributed by atoms with E-state index in [-0.39, 0.29) is 17.8 Å². The first-order chi connectivity index (χ1) is 13.4. The number of rotatable bonds is 5. The van der Waals surface area contributed by atoms with Crippen LogP contribution >= 0.6 is 11.8 Å². The van der Waals surface area contributed by atoms with Crippen molar-refractivity contribution in [2.24, 2.45) is 0 Å². The Balaban J connectivity index is 1.54. The van der Waals surface area contributed by atoms with Gasteiger partial charge in [-0.2, -0.15) is 11.8 Å². The highest BCUT2D eigenvalue weighted by atomic mass is 32.2. The molecule has 1 amide bonds. The fraction of sp³-hybridized carbons (Fsp3) is 0.409. The van der Waals surface area contributed by atoms with Crippen LogP contribution in [0.2, 0.25) is 0 Å². The van der Waals surface area contributed by atoms with Crippen molar-refractivity contribution in [1.82, 2.24) is 4.90 Å². The van der Waals surface area contributed by atoms with Gasteiger partial charge in [0.25, 0.3) is 5.91 Å². The van der Waals surface area contributed by atoms with Crippen molar-refractivity contribution in [1.29, 1.82) is 0 Å². The average Bonchev–Trinajstić information content (AvgIpc) is 2.94. The molecule has 150 valence electrons. The van der Waals surface area contributed by atoms with E-state index in [2.05, 4.69) is 13.8 Å². The van der Waals surface area contributed by atoms with Crippen molar-refractivity contribution in [2.75, 3.05) is 25.4 Å². The maximum Gasteiger partial charge on any atom is 0.260 e. The molecule has 0 spiro atoms. The van der Waals surface area contributed by atoms with Crippen LogP contribution in [-0.4, -0.2) is 36.3 Å². The Morgan fingerprint density at radius 2 is 1.93 bits per heavy atom. The molecule has 0 saturated carbocycles. The fourth-order valence-electron chi connectivity index (χ4n) is 3.21. The number of hydrogen-bond donors (Lipinski definition) is 0. The number of carbonyl (C=O) groups is 1. The smallest absolute Gasteiger partial charge is 0.260 e. The molecule has 3 nitrogen and oxygen atoms in total. The highest BCUT2D eigenvalue weighted by Crippen LogP contribution is 2.36. The average molecular weight is 406 g/mol. The highest BCUT2D eigenvalue weighted by Gasteiger charge is 2.24. The van der Waals surface area contributed by atoms with E-state index in [9.17, 15) is 13.6 Å². The molecule has 0 radical (unpaired) electrons. The highest BCUT2D eigenvalue weighted by molar-refractivity contribution is 7.99. The van der Waals surface area contributed by atoms with Gasteiger partial charge in [0.15, 0.2) is 6.61 Å². The molecule has 1 heterocycles. The molecular weight excluding hydrogens is 380 g/mol. The molecule has 0 aromatic heterocycles. The van der Waals surface area contributed by atoms with Crippen molar-refractivity contribution >= 4 is 17.7 Å². The van der Waals surface area contributed by atoms with Gasteiger partial charge in [0.2, 0.25) is 0 Å². The van der Waals surface area contributed by atoms with Crippen LogP contribution in [0, 0.1) is 11.6 Å². The number of halogens is 2. The molecule has 28 heavy (non-hydrogen) atoms. The lowest BCUT2D eigenvalue weighted by molar-refractivity contribution is -0.133. The number of hydrogen-bond acceptors (Lipinski definition) is 3. The molecule has 1 aliphatic rings. The largest absolute Gasteiger partial charge is 0.484 e. The van der Waals surface area contributed by atoms with E-state index in [0.717, 1.165) is 12.1 Å². The van der Waals surface area contributed by atoms with Gasteiger partial charge in [0.05, 0.1) is 0 Å². The summed E-state index contributed by atoms with van der Waals surface area (Å²) in [5, 5.41) is -0.155. The molecule has 0 bridgehead atoms. The molecule has 6 heteroatoms. The lowest BCUT2D eigenvalue weighted by Gasteiger charge is -2.20. The molecule has 1 atom stereocenters. The van der Waals surface area contributed by atoms with Gasteiger partial charge in [0.1, 0.15) is 17.4 Å². The van der Waals surface area contributed by atoms with Crippen LogP contribution in [0.5, 0.6) is 5.75 Å². The van der Waals surface area contributed by atoms with E-state index in [1.807, 2.05) is 24.3 Å². The monoisotopic (exact) mass is 405 g/mol. The van der Waals surface area contributed by atoms with Gasteiger partial charge in [-0.3, -0.25) is 4.79 Å². The molecule has 1 saturated heterocycles. The number of nitrogens with zero attached hydrogens (tertiary/aromatic N) is 1. The van der Waals surface area contributed by atoms with E-state index in [1.54, 1.807) is 16.7 Å². The summed E-state index contributed by atoms with van der Waals surface area (Å²) < 4.78 is 33.2. The summed E-state index contributed by atoms with van der Waals surface area (Å²) in [5.74, 6) is 0.866. The normalized spacial score (nSPS) is 17.5. The van der Waals surface area contributed by atoms with Crippen molar-refractivity contribution < 1.29 is 18.3 Å². The topological polar surface area (TPSA) is 29.5 Å². The SMILES string of the molecule is CC(C)c1ccc(OCC(=O)N2CCSC(c3cc(F)ccc3F)CC2)cc1. The summed E-state index contributed by atoms with van der Waals surface area (Å²) in [6, 6.07) is 11.3. The molecule has 1 aliphatic heterocycles. The van der Waals surface area contributed by atoms with Gasteiger partial charge in [-0.25, -0.2) is 8.78 Å². The summed E-state index contributed by atoms with van der Waals surface area (Å²) >= 11 is 1.56. The van der Waals surface area contributed by atoms with E-state index in [0.29, 0.717) is 42.5 Å². The number of thioether (sulfide) groups is 1. The summed E-state index contributed by atoms with van der Waals surface area (Å²) in [6.45, 7) is 5.30. The zero-order valence-electron chi connectivity index (χ0n) is 16.2. The van der Waals surface area contributed by atoms with Crippen LogP contribution < -0.4 is 4.74 Å². The van der Waals surface area contributed by atoms with Crippen LogP contribution in [0.4, 0.5) is 8.78 Å². The second kappa shape index (κ2) is 9.41. The van der Waals surface area contributed by atoms with Gasteiger partial charge in [0, 0.05) is 29.7 Å². The van der Waals surface area contributed by atoms with Crippen LogP contribution in [0.3, 0.4) is 0 Å². The van der Waals surface area contributed by atoms with Crippen LogP contribution in [0.25, 0.3) is 0 Å². The van der Waals surface area contributed by atoms with Crippen LogP contribution in [0.15, 0.2) is 42.5 Å². The lowest BCUT2D eigenvalue weighted by atomic mass is 10.0. The second-order valence-corrected chi connectivity index (χ2v) is 8.52. The lowest BCUT2D eigenvalue weighted by Crippen LogP contribution is -2.36. The zero-order valence-corrected chi connectivity index (χ0v) is 17.0. The van der Waals surface area contributed by atoms with E-state index < -0.39 is 11.6 Å². The first-order valence-electron chi connectivity index (χ1n) is 9.51. The summed E-state index contributed by atoms with van der Waals surface area (Å²) in [7, 11) is 0. The van der Waals surface area contributed by atoms with Crippen molar-refractivity contribution in [3.05, 3.63) is 65.2 Å². The van der Waals surface area contributed by atoms with Crippen LogP contribution in [-0.2, 0) is 4.79 Å². The second-order valence-electron chi connectivity index (χ2n) is 7.21. The standard InChI is InChI=1S/C22H25F2NO2S/c1-15(2)16-3-6-18(7-4-16)27-14-22(26)25-10-9-21(28-12-11-25)19-13-17(23)5-8-20(19)24/h3-8,13,15,21H,9-12,14H2,1-2H3. The first-order valence-corrected chi connectivity index (χ1v) is 10.6. The Bertz CT molecular complexity index is 811. The minimum Gasteiger partial charge on any atom is -0.484 e. The maximum atomic E-state index is 14.0. The van der Waals surface area contributed by atoms with Gasteiger partial charge < -0.3 is 9.64 Å². The molecule has 2 aromatic carbocycles. The van der Waals surface area contributed by atoms with Crippen molar-refractivity contribution in [2.45, 2.75) is 31.4 Å². The Morgan fingerprint density at radius 1 is 1.18 bits per heavy atom. The molecule has 0 aliphatic carbocycles. The van der Waals surface area contributed by atoms with E-state index in [4.69, 9.17) is 4.74 Å². The molecular formula is C22H25F2NO2S. The number of benzene rings is 2. The fourth-order valence-corrected chi connectivity index (χ4v) is 4.46. The predicted molar refractivity (Wildman–Crippen MR) is 109 cm³/mol. The predicted octanol–water partition coefficient (Wildman–Crippen LogP) is 5.17. The molecule has 2 aromatic rings. The third kappa shape index (κ3) is 5.25. The Kier molecular flexibility index (Phi) is 6.94. The Labute approximate surface area is 169 Å². The molecule has 1 unspecified atom stereocenters. The van der Waals surface area contributed by atoms with E-state index in [1.165, 1.54) is 11.6 Å². The third-order valence-corrected chi connectivity index (χ3v) is 6.22. The number of ether oxygens (including phenoxy) is 1. The summed E-state index contributed by atoms with van der Waals surface area (Å²) in [5.41, 5.74) is 1.60. The summed E-state index contributed by atoms with van der Waals surface area (Å²) in [4.78, 5) is 14.3. The Hall–Kier alpha value is -2.08. The minimum absolute atomic E-state index is 0.0231.